The van der Waals surface area contributed by atoms with E-state index in [1.54, 1.807) is 7.11 Å². The van der Waals surface area contributed by atoms with Gasteiger partial charge in [0.15, 0.2) is 0 Å². The Bertz CT molecular complexity index is 349. The monoisotopic (exact) mass is 249 g/mol. The Labute approximate surface area is 112 Å². The lowest BCUT2D eigenvalue weighted by Gasteiger charge is -2.18. The van der Waals surface area contributed by atoms with Gasteiger partial charge in [0.1, 0.15) is 0 Å². The number of rotatable bonds is 8. The predicted octanol–water partition coefficient (Wildman–Crippen LogP) is 3.25. The molecule has 0 saturated heterocycles. The molecular formula is C16H27NO. The van der Waals surface area contributed by atoms with Crippen molar-refractivity contribution < 1.29 is 4.74 Å². The molecule has 0 aliphatic heterocycles. The first-order chi connectivity index (χ1) is 8.67. The van der Waals surface area contributed by atoms with Crippen LogP contribution in [-0.2, 0) is 11.2 Å². The Morgan fingerprint density at radius 2 is 2.00 bits per heavy atom. The van der Waals surface area contributed by atoms with Crippen molar-refractivity contribution in [3.63, 3.8) is 0 Å². The van der Waals surface area contributed by atoms with Gasteiger partial charge in [-0.25, -0.2) is 0 Å². The summed E-state index contributed by atoms with van der Waals surface area (Å²) in [6.07, 6.45) is 3.41. The molecule has 0 aliphatic carbocycles. The number of benzene rings is 1. The lowest BCUT2D eigenvalue weighted by Crippen LogP contribution is -2.31. The number of hydrogen-bond acceptors (Lipinski definition) is 2. The second-order valence-electron chi connectivity index (χ2n) is 5.01. The summed E-state index contributed by atoms with van der Waals surface area (Å²) < 4.78 is 5.13. The van der Waals surface area contributed by atoms with E-state index in [4.69, 9.17) is 4.74 Å². The SMILES string of the molecule is CCNC(CCCOC)Cc1ccc(C)c(C)c1. The van der Waals surface area contributed by atoms with Crippen LogP contribution in [0.2, 0.25) is 0 Å². The zero-order valence-electron chi connectivity index (χ0n) is 12.3. The first-order valence-electron chi connectivity index (χ1n) is 6.95. The second kappa shape index (κ2) is 8.28. The van der Waals surface area contributed by atoms with E-state index in [2.05, 4.69) is 44.3 Å². The van der Waals surface area contributed by atoms with Crippen molar-refractivity contribution in [1.29, 1.82) is 0 Å². The van der Waals surface area contributed by atoms with Crippen LogP contribution < -0.4 is 5.32 Å². The molecule has 2 nitrogen and oxygen atoms in total. The van der Waals surface area contributed by atoms with Gasteiger partial charge in [0.25, 0.3) is 0 Å². The van der Waals surface area contributed by atoms with Crippen molar-refractivity contribution >= 4 is 0 Å². The topological polar surface area (TPSA) is 21.3 Å². The third-order valence-corrected chi connectivity index (χ3v) is 3.45. The average Bonchev–Trinajstić information content (AvgIpc) is 2.34. The van der Waals surface area contributed by atoms with Gasteiger partial charge in [0, 0.05) is 19.8 Å². The lowest BCUT2D eigenvalue weighted by atomic mass is 9.98. The Balaban J connectivity index is 2.55. The standard InChI is InChI=1S/C16H27NO/c1-5-17-16(7-6-10-18-4)12-15-9-8-13(2)14(3)11-15/h8-9,11,16-17H,5-7,10,12H2,1-4H3. The lowest BCUT2D eigenvalue weighted by molar-refractivity contribution is 0.188. The molecule has 0 aliphatic rings. The maximum Gasteiger partial charge on any atom is 0.0462 e. The minimum atomic E-state index is 0.562. The van der Waals surface area contributed by atoms with Gasteiger partial charge in [-0.2, -0.15) is 0 Å². The maximum absolute atomic E-state index is 5.13. The molecule has 0 fully saturated rings. The number of aryl methyl sites for hydroxylation is 2. The smallest absolute Gasteiger partial charge is 0.0462 e. The molecule has 18 heavy (non-hydrogen) atoms. The molecule has 1 rings (SSSR count). The van der Waals surface area contributed by atoms with Gasteiger partial charge in [0.05, 0.1) is 0 Å². The highest BCUT2D eigenvalue weighted by Crippen LogP contribution is 2.13. The molecule has 1 atom stereocenters. The molecule has 1 aromatic rings. The summed E-state index contributed by atoms with van der Waals surface area (Å²) >= 11 is 0. The van der Waals surface area contributed by atoms with Gasteiger partial charge < -0.3 is 10.1 Å². The van der Waals surface area contributed by atoms with Gasteiger partial charge >= 0.3 is 0 Å². The van der Waals surface area contributed by atoms with Crippen LogP contribution >= 0.6 is 0 Å². The first kappa shape index (κ1) is 15.2. The van der Waals surface area contributed by atoms with Crippen LogP contribution in [0.1, 0.15) is 36.5 Å². The van der Waals surface area contributed by atoms with Crippen LogP contribution in [-0.4, -0.2) is 26.3 Å². The van der Waals surface area contributed by atoms with Gasteiger partial charge in [-0.3, -0.25) is 0 Å². The summed E-state index contributed by atoms with van der Waals surface area (Å²) in [5.74, 6) is 0. The van der Waals surface area contributed by atoms with Gasteiger partial charge in [-0.05, 0) is 56.3 Å². The molecule has 0 radical (unpaired) electrons. The van der Waals surface area contributed by atoms with E-state index in [-0.39, 0.29) is 0 Å². The number of likely N-dealkylation sites (N-methyl/N-ethyl adjacent to an activating group) is 1. The molecule has 0 aromatic heterocycles. The fourth-order valence-electron chi connectivity index (χ4n) is 2.25. The zero-order chi connectivity index (χ0) is 13.4. The highest BCUT2D eigenvalue weighted by Gasteiger charge is 2.08. The number of ether oxygens (including phenoxy) is 1. The Hall–Kier alpha value is -0.860. The highest BCUT2D eigenvalue weighted by molar-refractivity contribution is 5.30. The summed E-state index contributed by atoms with van der Waals surface area (Å²) in [5, 5.41) is 3.57. The second-order valence-corrected chi connectivity index (χ2v) is 5.01. The minimum Gasteiger partial charge on any atom is -0.385 e. The van der Waals surface area contributed by atoms with Gasteiger partial charge in [-0.1, -0.05) is 25.1 Å². The summed E-state index contributed by atoms with van der Waals surface area (Å²) in [4.78, 5) is 0. The van der Waals surface area contributed by atoms with Gasteiger partial charge in [-0.15, -0.1) is 0 Å². The van der Waals surface area contributed by atoms with E-state index in [0.717, 1.165) is 26.0 Å². The molecule has 0 saturated carbocycles. The predicted molar refractivity (Wildman–Crippen MR) is 78.2 cm³/mol. The minimum absolute atomic E-state index is 0.562. The molecule has 1 unspecified atom stereocenters. The van der Waals surface area contributed by atoms with Crippen LogP contribution in [0.25, 0.3) is 0 Å². The van der Waals surface area contributed by atoms with E-state index in [0.29, 0.717) is 6.04 Å². The van der Waals surface area contributed by atoms with Crippen LogP contribution in [0, 0.1) is 13.8 Å². The number of hydrogen-bond donors (Lipinski definition) is 1. The van der Waals surface area contributed by atoms with E-state index < -0.39 is 0 Å². The normalized spacial score (nSPS) is 12.7. The molecule has 0 amide bonds. The van der Waals surface area contributed by atoms with Gasteiger partial charge in [0.2, 0.25) is 0 Å². The third kappa shape index (κ3) is 5.19. The number of nitrogens with one attached hydrogen (secondary N) is 1. The van der Waals surface area contributed by atoms with Crippen molar-refractivity contribution in [3.8, 4) is 0 Å². The third-order valence-electron chi connectivity index (χ3n) is 3.45. The van der Waals surface area contributed by atoms with Crippen LogP contribution in [0.3, 0.4) is 0 Å². The van der Waals surface area contributed by atoms with Crippen LogP contribution in [0.4, 0.5) is 0 Å². The fraction of sp³-hybridized carbons (Fsp3) is 0.625. The first-order valence-corrected chi connectivity index (χ1v) is 6.95. The molecule has 1 N–H and O–H groups in total. The molecule has 2 heteroatoms. The maximum atomic E-state index is 5.13. The highest BCUT2D eigenvalue weighted by atomic mass is 16.5. The summed E-state index contributed by atoms with van der Waals surface area (Å²) in [5.41, 5.74) is 4.19. The largest absolute Gasteiger partial charge is 0.385 e. The average molecular weight is 249 g/mol. The molecule has 102 valence electrons. The quantitative estimate of drug-likeness (QED) is 0.714. The van der Waals surface area contributed by atoms with Crippen molar-refractivity contribution in [1.82, 2.24) is 5.32 Å². The van der Waals surface area contributed by atoms with Crippen molar-refractivity contribution in [2.24, 2.45) is 0 Å². The molecule has 0 heterocycles. The molecule has 0 spiro atoms. The fourth-order valence-corrected chi connectivity index (χ4v) is 2.25. The molecule has 1 aromatic carbocycles. The van der Waals surface area contributed by atoms with Crippen LogP contribution in [0.5, 0.6) is 0 Å². The van der Waals surface area contributed by atoms with E-state index in [1.165, 1.54) is 23.1 Å². The Kier molecular flexibility index (Phi) is 6.99. The van der Waals surface area contributed by atoms with E-state index >= 15 is 0 Å². The Morgan fingerprint density at radius 3 is 2.61 bits per heavy atom. The summed E-state index contributed by atoms with van der Waals surface area (Å²) in [7, 11) is 1.77. The summed E-state index contributed by atoms with van der Waals surface area (Å²) in [6, 6.07) is 7.36. The van der Waals surface area contributed by atoms with Crippen molar-refractivity contribution in [2.75, 3.05) is 20.3 Å². The molecular weight excluding hydrogens is 222 g/mol. The molecule has 0 bridgehead atoms. The summed E-state index contributed by atoms with van der Waals surface area (Å²) in [6.45, 7) is 8.41. The zero-order valence-corrected chi connectivity index (χ0v) is 12.3. The van der Waals surface area contributed by atoms with E-state index in [1.807, 2.05) is 0 Å². The van der Waals surface area contributed by atoms with Crippen molar-refractivity contribution in [2.45, 2.75) is 46.1 Å². The Morgan fingerprint density at radius 1 is 1.22 bits per heavy atom. The van der Waals surface area contributed by atoms with E-state index in [9.17, 15) is 0 Å². The van der Waals surface area contributed by atoms with Crippen molar-refractivity contribution in [3.05, 3.63) is 34.9 Å². The van der Waals surface area contributed by atoms with Crippen LogP contribution in [0.15, 0.2) is 18.2 Å². The number of methoxy groups -OCH3 is 1.